The third-order valence-electron chi connectivity index (χ3n) is 3.51. The maximum absolute atomic E-state index is 12.4. The number of rotatable bonds is 8. The van der Waals surface area contributed by atoms with Crippen molar-refractivity contribution < 1.29 is 14.3 Å². The van der Waals surface area contributed by atoms with E-state index in [0.717, 1.165) is 11.3 Å². The largest absolute Gasteiger partial charge is 0.491 e. The van der Waals surface area contributed by atoms with E-state index in [1.165, 1.54) is 0 Å². The highest BCUT2D eigenvalue weighted by Gasteiger charge is 2.19. The molecule has 0 saturated heterocycles. The molecule has 0 aliphatic heterocycles. The molecule has 1 amide bonds. The summed E-state index contributed by atoms with van der Waals surface area (Å²) in [4.78, 5) is 12.4. The second-order valence-electron chi connectivity index (χ2n) is 5.98. The molecule has 0 heterocycles. The fourth-order valence-corrected chi connectivity index (χ4v) is 2.50. The van der Waals surface area contributed by atoms with Gasteiger partial charge in [0, 0.05) is 6.54 Å². The van der Waals surface area contributed by atoms with Crippen molar-refractivity contribution in [2.45, 2.75) is 45.9 Å². The van der Waals surface area contributed by atoms with Crippen molar-refractivity contribution >= 4 is 17.5 Å². The number of para-hydroxylation sites is 1. The summed E-state index contributed by atoms with van der Waals surface area (Å²) in [5.74, 6) is 1.14. The van der Waals surface area contributed by atoms with Crippen LogP contribution in [0, 0.1) is 0 Å². The van der Waals surface area contributed by atoms with Crippen LogP contribution in [-0.2, 0) is 11.3 Å². The number of hydrogen-bond acceptors (Lipinski definition) is 3. The first-order chi connectivity index (χ1) is 12.0. The molecule has 1 unspecified atom stereocenters. The molecule has 0 fully saturated rings. The fourth-order valence-electron chi connectivity index (χ4n) is 2.32. The summed E-state index contributed by atoms with van der Waals surface area (Å²) in [6.45, 7) is 6.27. The first-order valence-electron chi connectivity index (χ1n) is 8.44. The van der Waals surface area contributed by atoms with Crippen LogP contribution >= 0.6 is 11.6 Å². The molecule has 2 aromatic rings. The van der Waals surface area contributed by atoms with Gasteiger partial charge in [0.1, 0.15) is 11.5 Å². The average molecular weight is 362 g/mol. The summed E-state index contributed by atoms with van der Waals surface area (Å²) < 4.78 is 11.4. The Hall–Kier alpha value is -2.20. The quantitative estimate of drug-likeness (QED) is 0.747. The Morgan fingerprint density at radius 2 is 1.88 bits per heavy atom. The molecule has 5 heteroatoms. The molecular formula is C20H24ClNO3. The Morgan fingerprint density at radius 1 is 1.12 bits per heavy atom. The van der Waals surface area contributed by atoms with Gasteiger partial charge < -0.3 is 14.8 Å². The van der Waals surface area contributed by atoms with Crippen LogP contribution in [0.4, 0.5) is 0 Å². The molecule has 134 valence electrons. The van der Waals surface area contributed by atoms with Crippen molar-refractivity contribution in [3.63, 3.8) is 0 Å². The van der Waals surface area contributed by atoms with E-state index in [1.807, 2.05) is 57.2 Å². The lowest BCUT2D eigenvalue weighted by molar-refractivity contribution is -0.128. The summed E-state index contributed by atoms with van der Waals surface area (Å²) >= 11 is 6.09. The van der Waals surface area contributed by atoms with Crippen molar-refractivity contribution in [1.29, 1.82) is 0 Å². The molecule has 0 aromatic heterocycles. The Kier molecular flexibility index (Phi) is 7.14. The zero-order valence-corrected chi connectivity index (χ0v) is 15.5. The predicted octanol–water partition coefficient (Wildman–Crippen LogP) is 4.60. The average Bonchev–Trinajstić information content (AvgIpc) is 2.59. The first-order valence-corrected chi connectivity index (χ1v) is 8.82. The fraction of sp³-hybridized carbons (Fsp3) is 0.350. The minimum Gasteiger partial charge on any atom is -0.491 e. The molecule has 0 aliphatic carbocycles. The zero-order valence-electron chi connectivity index (χ0n) is 14.8. The van der Waals surface area contributed by atoms with Crippen LogP contribution < -0.4 is 14.8 Å². The highest BCUT2D eigenvalue weighted by Crippen LogP contribution is 2.25. The molecule has 25 heavy (non-hydrogen) atoms. The second kappa shape index (κ2) is 9.33. The van der Waals surface area contributed by atoms with Crippen molar-refractivity contribution in [2.24, 2.45) is 0 Å². The Morgan fingerprint density at radius 3 is 2.56 bits per heavy atom. The standard InChI is InChI=1S/C20H24ClNO3/c1-4-18(25-19-11-6-5-10-17(19)21)20(23)22-13-15-8-7-9-16(12-15)24-14(2)3/h5-12,14,18H,4,13H2,1-3H3,(H,22,23). The molecule has 1 N–H and O–H groups in total. The maximum atomic E-state index is 12.4. The molecule has 0 aliphatic rings. The lowest BCUT2D eigenvalue weighted by atomic mass is 10.2. The van der Waals surface area contributed by atoms with Gasteiger partial charge in [-0.1, -0.05) is 42.8 Å². The van der Waals surface area contributed by atoms with E-state index in [1.54, 1.807) is 12.1 Å². The molecule has 2 aromatic carbocycles. The smallest absolute Gasteiger partial charge is 0.261 e. The van der Waals surface area contributed by atoms with E-state index >= 15 is 0 Å². The van der Waals surface area contributed by atoms with Gasteiger partial charge in [0.15, 0.2) is 6.10 Å². The molecule has 1 atom stereocenters. The predicted molar refractivity (Wildman–Crippen MR) is 100 cm³/mol. The van der Waals surface area contributed by atoms with E-state index < -0.39 is 6.10 Å². The zero-order chi connectivity index (χ0) is 18.2. The minimum atomic E-state index is -0.588. The van der Waals surface area contributed by atoms with Gasteiger partial charge in [-0.25, -0.2) is 0 Å². The van der Waals surface area contributed by atoms with Gasteiger partial charge in [0.05, 0.1) is 11.1 Å². The van der Waals surface area contributed by atoms with E-state index in [2.05, 4.69) is 5.32 Å². The Bertz CT molecular complexity index is 703. The van der Waals surface area contributed by atoms with Gasteiger partial charge in [-0.3, -0.25) is 4.79 Å². The van der Waals surface area contributed by atoms with Crippen molar-refractivity contribution in [3.05, 3.63) is 59.1 Å². The lowest BCUT2D eigenvalue weighted by Crippen LogP contribution is -2.37. The van der Waals surface area contributed by atoms with E-state index in [-0.39, 0.29) is 12.0 Å². The number of amides is 1. The van der Waals surface area contributed by atoms with Gasteiger partial charge in [0.25, 0.3) is 5.91 Å². The Labute approximate surface area is 154 Å². The van der Waals surface area contributed by atoms with Crippen LogP contribution in [0.15, 0.2) is 48.5 Å². The highest BCUT2D eigenvalue weighted by molar-refractivity contribution is 6.32. The van der Waals surface area contributed by atoms with Crippen molar-refractivity contribution in [2.75, 3.05) is 0 Å². The SMILES string of the molecule is CCC(Oc1ccccc1Cl)C(=O)NCc1cccc(OC(C)C)c1. The van der Waals surface area contributed by atoms with E-state index in [4.69, 9.17) is 21.1 Å². The molecule has 0 bridgehead atoms. The third kappa shape index (κ3) is 5.98. The molecule has 0 saturated carbocycles. The molecule has 2 rings (SSSR count). The van der Waals surface area contributed by atoms with Crippen molar-refractivity contribution in [3.8, 4) is 11.5 Å². The van der Waals surface area contributed by atoms with Crippen LogP contribution in [0.1, 0.15) is 32.8 Å². The van der Waals surface area contributed by atoms with Crippen LogP contribution in [0.3, 0.4) is 0 Å². The normalized spacial score (nSPS) is 11.9. The topological polar surface area (TPSA) is 47.6 Å². The second-order valence-corrected chi connectivity index (χ2v) is 6.38. The van der Waals surface area contributed by atoms with Gasteiger partial charge in [0.2, 0.25) is 0 Å². The summed E-state index contributed by atoms with van der Waals surface area (Å²) in [6.07, 6.45) is 0.0708. The number of halogens is 1. The molecular weight excluding hydrogens is 338 g/mol. The van der Waals surface area contributed by atoms with Crippen LogP contribution in [-0.4, -0.2) is 18.1 Å². The number of hydrogen-bond donors (Lipinski definition) is 1. The summed E-state index contributed by atoms with van der Waals surface area (Å²) in [7, 11) is 0. The number of nitrogens with one attached hydrogen (secondary N) is 1. The summed E-state index contributed by atoms with van der Waals surface area (Å²) in [5, 5.41) is 3.40. The molecule has 0 spiro atoms. The van der Waals surface area contributed by atoms with Gasteiger partial charge in [-0.2, -0.15) is 0 Å². The number of ether oxygens (including phenoxy) is 2. The van der Waals surface area contributed by atoms with Gasteiger partial charge >= 0.3 is 0 Å². The minimum absolute atomic E-state index is 0.110. The first kappa shape index (κ1) is 19.1. The molecule has 0 radical (unpaired) electrons. The highest BCUT2D eigenvalue weighted by atomic mass is 35.5. The van der Waals surface area contributed by atoms with E-state index in [0.29, 0.717) is 23.7 Å². The maximum Gasteiger partial charge on any atom is 0.261 e. The molecule has 4 nitrogen and oxygen atoms in total. The van der Waals surface area contributed by atoms with Gasteiger partial charge in [-0.05, 0) is 50.1 Å². The van der Waals surface area contributed by atoms with Crippen LogP contribution in [0.25, 0.3) is 0 Å². The number of benzene rings is 2. The van der Waals surface area contributed by atoms with Crippen LogP contribution in [0.5, 0.6) is 11.5 Å². The number of carbonyl (C=O) groups excluding carboxylic acids is 1. The van der Waals surface area contributed by atoms with Gasteiger partial charge in [-0.15, -0.1) is 0 Å². The van der Waals surface area contributed by atoms with Crippen molar-refractivity contribution in [1.82, 2.24) is 5.32 Å². The van der Waals surface area contributed by atoms with Crippen LogP contribution in [0.2, 0.25) is 5.02 Å². The number of carbonyl (C=O) groups is 1. The summed E-state index contributed by atoms with van der Waals surface area (Å²) in [5.41, 5.74) is 0.971. The Balaban J connectivity index is 1.95. The lowest BCUT2D eigenvalue weighted by Gasteiger charge is -2.18. The summed E-state index contributed by atoms with van der Waals surface area (Å²) in [6, 6.07) is 14.8. The monoisotopic (exact) mass is 361 g/mol. The third-order valence-corrected chi connectivity index (χ3v) is 3.82. The van der Waals surface area contributed by atoms with E-state index in [9.17, 15) is 4.79 Å².